The molecule has 0 bridgehead atoms. The van der Waals surface area contributed by atoms with E-state index in [-0.39, 0.29) is 30.7 Å². The predicted molar refractivity (Wildman–Crippen MR) is 74.0 cm³/mol. The summed E-state index contributed by atoms with van der Waals surface area (Å²) in [5.74, 6) is -2.62. The molecule has 3 N–H and O–H groups in total. The Hall–Kier alpha value is -1.01. The number of carbonyl (C=O) groups is 1. The molecule has 0 aliphatic heterocycles. The molecule has 1 amide bonds. The van der Waals surface area contributed by atoms with Gasteiger partial charge in [0.2, 0.25) is 5.92 Å². The second-order valence-corrected chi connectivity index (χ2v) is 6.90. The van der Waals surface area contributed by atoms with E-state index in [2.05, 4.69) is 5.32 Å². The van der Waals surface area contributed by atoms with Gasteiger partial charge in [-0.2, -0.15) is 0 Å². The molecule has 3 rings (SSSR count). The maximum Gasteiger partial charge on any atom is 0.261 e. The van der Waals surface area contributed by atoms with E-state index >= 15 is 0 Å². The fourth-order valence-corrected chi connectivity index (χ4v) is 3.81. The number of alkyl halides is 2. The summed E-state index contributed by atoms with van der Waals surface area (Å²) >= 11 is 1.36. The van der Waals surface area contributed by atoms with Crippen LogP contribution in [-0.4, -0.2) is 23.4 Å². The van der Waals surface area contributed by atoms with E-state index in [1.807, 2.05) is 11.4 Å². The summed E-state index contributed by atoms with van der Waals surface area (Å²) in [5.41, 5.74) is 5.37. The third-order valence-corrected chi connectivity index (χ3v) is 5.40. The van der Waals surface area contributed by atoms with Crippen molar-refractivity contribution in [3.05, 3.63) is 22.4 Å². The van der Waals surface area contributed by atoms with Gasteiger partial charge in [-0.25, -0.2) is 8.78 Å². The Bertz CT molecular complexity index is 493. The first-order valence-electron chi connectivity index (χ1n) is 6.91. The van der Waals surface area contributed by atoms with Gasteiger partial charge in [0.1, 0.15) is 0 Å². The van der Waals surface area contributed by atoms with Crippen LogP contribution in [0.4, 0.5) is 8.78 Å². The van der Waals surface area contributed by atoms with Crippen LogP contribution in [-0.2, 0) is 0 Å². The van der Waals surface area contributed by atoms with E-state index in [9.17, 15) is 13.6 Å². The minimum atomic E-state index is -2.60. The molecule has 3 nitrogen and oxygen atoms in total. The van der Waals surface area contributed by atoms with Crippen LogP contribution in [0.25, 0.3) is 0 Å². The summed E-state index contributed by atoms with van der Waals surface area (Å²) in [5, 5.41) is 4.86. The number of nitrogens with one attached hydrogen (secondary N) is 1. The van der Waals surface area contributed by atoms with E-state index in [1.54, 1.807) is 6.07 Å². The highest BCUT2D eigenvalue weighted by Crippen LogP contribution is 2.49. The average Bonchev–Trinajstić information content (AvgIpc) is 2.94. The van der Waals surface area contributed by atoms with Gasteiger partial charge >= 0.3 is 0 Å². The smallest absolute Gasteiger partial charge is 0.261 e. The topological polar surface area (TPSA) is 55.1 Å². The summed E-state index contributed by atoms with van der Waals surface area (Å²) < 4.78 is 26.8. The van der Waals surface area contributed by atoms with Gasteiger partial charge < -0.3 is 11.1 Å². The summed E-state index contributed by atoms with van der Waals surface area (Å²) in [6.07, 6.45) is 1.11. The Labute approximate surface area is 120 Å². The highest BCUT2D eigenvalue weighted by Gasteiger charge is 2.55. The zero-order valence-electron chi connectivity index (χ0n) is 11.1. The summed E-state index contributed by atoms with van der Waals surface area (Å²) in [4.78, 5) is 12.9. The van der Waals surface area contributed by atoms with Crippen LogP contribution >= 0.6 is 11.3 Å². The van der Waals surface area contributed by atoms with Crippen LogP contribution in [0.3, 0.4) is 0 Å². The molecular formula is C14H18F2N2OS. The Morgan fingerprint density at radius 1 is 1.35 bits per heavy atom. The molecule has 20 heavy (non-hydrogen) atoms. The Morgan fingerprint density at radius 3 is 2.50 bits per heavy atom. The number of amides is 1. The molecule has 6 heteroatoms. The molecule has 0 radical (unpaired) electrons. The van der Waals surface area contributed by atoms with Crippen molar-refractivity contribution in [1.29, 1.82) is 0 Å². The Morgan fingerprint density at radius 2 is 2.00 bits per heavy atom. The number of hydrogen-bond donors (Lipinski definition) is 2. The number of thiophene rings is 1. The quantitative estimate of drug-likeness (QED) is 0.902. The monoisotopic (exact) mass is 300 g/mol. The molecule has 2 fully saturated rings. The maximum absolute atomic E-state index is 13.4. The Balaban J connectivity index is 1.76. The largest absolute Gasteiger partial charge is 0.346 e. The lowest BCUT2D eigenvalue weighted by atomic mass is 9.76. The van der Waals surface area contributed by atoms with Crippen molar-refractivity contribution >= 4 is 17.2 Å². The van der Waals surface area contributed by atoms with Crippen molar-refractivity contribution in [2.75, 3.05) is 0 Å². The predicted octanol–water partition coefficient (Wildman–Crippen LogP) is 2.77. The van der Waals surface area contributed by atoms with Gasteiger partial charge in [-0.15, -0.1) is 11.3 Å². The van der Waals surface area contributed by atoms with Crippen molar-refractivity contribution in [2.45, 2.75) is 49.6 Å². The highest BCUT2D eigenvalue weighted by molar-refractivity contribution is 7.12. The molecular weight excluding hydrogens is 282 g/mol. The maximum atomic E-state index is 13.4. The van der Waals surface area contributed by atoms with E-state index in [1.165, 1.54) is 11.3 Å². The third-order valence-electron chi connectivity index (χ3n) is 4.53. The molecule has 0 spiro atoms. The van der Waals surface area contributed by atoms with E-state index in [0.717, 1.165) is 6.42 Å². The molecule has 2 aliphatic rings. The molecule has 0 aromatic carbocycles. The summed E-state index contributed by atoms with van der Waals surface area (Å²) in [7, 11) is 0. The number of carbonyl (C=O) groups excluding carboxylic acids is 1. The lowest BCUT2D eigenvalue weighted by Crippen LogP contribution is -2.55. The van der Waals surface area contributed by atoms with Gasteiger partial charge in [-0.05, 0) is 36.6 Å². The third kappa shape index (κ3) is 2.59. The number of halogens is 2. The Kier molecular flexibility index (Phi) is 3.33. The fourth-order valence-electron chi connectivity index (χ4n) is 3.20. The zero-order chi connectivity index (χ0) is 14.4. The van der Waals surface area contributed by atoms with Gasteiger partial charge in [0.25, 0.3) is 5.91 Å². The van der Waals surface area contributed by atoms with E-state index in [4.69, 9.17) is 5.73 Å². The fraction of sp³-hybridized carbons (Fsp3) is 0.643. The van der Waals surface area contributed by atoms with E-state index < -0.39 is 11.5 Å². The number of rotatable bonds is 3. The van der Waals surface area contributed by atoms with Crippen LogP contribution < -0.4 is 11.1 Å². The van der Waals surface area contributed by atoms with Crippen molar-refractivity contribution < 1.29 is 13.6 Å². The SMILES string of the molecule is NC1CC1C1(NC(=O)c2cccs2)CCC(F)(F)CC1. The highest BCUT2D eigenvalue weighted by atomic mass is 32.1. The molecule has 1 heterocycles. The first-order valence-corrected chi connectivity index (χ1v) is 7.79. The van der Waals surface area contributed by atoms with Gasteiger partial charge in [-0.1, -0.05) is 6.07 Å². The minimum Gasteiger partial charge on any atom is -0.346 e. The van der Waals surface area contributed by atoms with Gasteiger partial charge in [0.05, 0.1) is 4.88 Å². The van der Waals surface area contributed by atoms with Crippen LogP contribution in [0.5, 0.6) is 0 Å². The second kappa shape index (κ2) is 4.77. The molecule has 1 aromatic heterocycles. The van der Waals surface area contributed by atoms with Crippen molar-refractivity contribution in [2.24, 2.45) is 11.7 Å². The molecule has 2 aliphatic carbocycles. The molecule has 0 saturated heterocycles. The van der Waals surface area contributed by atoms with Crippen molar-refractivity contribution in [1.82, 2.24) is 5.32 Å². The van der Waals surface area contributed by atoms with Crippen LogP contribution in [0.15, 0.2) is 17.5 Å². The lowest BCUT2D eigenvalue weighted by Gasteiger charge is -2.41. The average molecular weight is 300 g/mol. The standard InChI is InChI=1S/C14H18F2N2OS/c15-14(16)5-3-13(4-6-14,9-8-10(9)17)18-12(19)11-2-1-7-20-11/h1-2,7,9-10H,3-6,8,17H2,(H,18,19). The second-order valence-electron chi connectivity index (χ2n) is 5.95. The van der Waals surface area contributed by atoms with Crippen molar-refractivity contribution in [3.63, 3.8) is 0 Å². The lowest BCUT2D eigenvalue weighted by molar-refractivity contribution is -0.0584. The first kappa shape index (κ1) is 13.9. The normalized spacial score (nSPS) is 30.8. The molecule has 110 valence electrons. The molecule has 2 saturated carbocycles. The number of hydrogen-bond acceptors (Lipinski definition) is 3. The molecule has 2 atom stereocenters. The van der Waals surface area contributed by atoms with Gasteiger partial charge in [0.15, 0.2) is 0 Å². The number of nitrogens with two attached hydrogens (primary N) is 1. The van der Waals surface area contributed by atoms with Gasteiger partial charge in [-0.3, -0.25) is 4.79 Å². The summed E-state index contributed by atoms with van der Waals surface area (Å²) in [6, 6.07) is 3.59. The van der Waals surface area contributed by atoms with Crippen LogP contribution in [0, 0.1) is 5.92 Å². The first-order chi connectivity index (χ1) is 9.42. The van der Waals surface area contributed by atoms with Gasteiger partial charge in [0, 0.05) is 24.4 Å². The van der Waals surface area contributed by atoms with Crippen LogP contribution in [0.2, 0.25) is 0 Å². The molecule has 2 unspecified atom stereocenters. The summed E-state index contributed by atoms with van der Waals surface area (Å²) in [6.45, 7) is 0. The molecule has 1 aromatic rings. The van der Waals surface area contributed by atoms with E-state index in [0.29, 0.717) is 17.7 Å². The minimum absolute atomic E-state index is 0.0327. The van der Waals surface area contributed by atoms with Crippen molar-refractivity contribution in [3.8, 4) is 0 Å². The van der Waals surface area contributed by atoms with Crippen LogP contribution in [0.1, 0.15) is 41.8 Å². The zero-order valence-corrected chi connectivity index (χ0v) is 11.9.